The fraction of sp³-hybridized carbons (Fsp3) is 0.714. The molecule has 0 fully saturated rings. The van der Waals surface area contributed by atoms with Gasteiger partial charge in [-0.3, -0.25) is 9.79 Å². The molecule has 1 aliphatic heterocycles. The topological polar surface area (TPSA) is 29.4 Å². The van der Waals surface area contributed by atoms with Crippen molar-refractivity contribution in [2.45, 2.75) is 19.8 Å². The summed E-state index contributed by atoms with van der Waals surface area (Å²) in [5.74, 6) is 0.478. The molecule has 0 amide bonds. The van der Waals surface area contributed by atoms with Crippen LogP contribution in [-0.4, -0.2) is 18.5 Å². The normalized spacial score (nSPS) is 24.8. The molecule has 0 N–H and O–H groups in total. The highest BCUT2D eigenvalue weighted by molar-refractivity contribution is 5.95. The largest absolute Gasteiger partial charge is 0.299 e. The van der Waals surface area contributed by atoms with Crippen molar-refractivity contribution in [3.05, 3.63) is 0 Å². The van der Waals surface area contributed by atoms with Crippen LogP contribution in [0.5, 0.6) is 0 Å². The van der Waals surface area contributed by atoms with Crippen molar-refractivity contribution in [2.75, 3.05) is 6.54 Å². The molecule has 1 unspecified atom stereocenters. The van der Waals surface area contributed by atoms with E-state index in [1.54, 1.807) is 6.21 Å². The molecular formula is C7H11NO. The molecule has 0 aromatic heterocycles. The summed E-state index contributed by atoms with van der Waals surface area (Å²) in [4.78, 5) is 14.9. The Hall–Kier alpha value is -0.660. The Morgan fingerprint density at radius 3 is 3.11 bits per heavy atom. The molecule has 0 radical (unpaired) electrons. The first-order chi connectivity index (χ1) is 4.34. The van der Waals surface area contributed by atoms with E-state index in [9.17, 15) is 4.79 Å². The molecule has 1 aliphatic rings. The fourth-order valence-corrected chi connectivity index (χ4v) is 0.996. The molecule has 1 heterocycles. The van der Waals surface area contributed by atoms with E-state index < -0.39 is 0 Å². The smallest absolute Gasteiger partial charge is 0.141 e. The number of nitrogens with zero attached hydrogens (tertiary/aromatic N) is 1. The maximum absolute atomic E-state index is 10.9. The van der Waals surface area contributed by atoms with Crippen molar-refractivity contribution in [3.63, 3.8) is 0 Å². The Balaban J connectivity index is 2.43. The fourth-order valence-electron chi connectivity index (χ4n) is 0.996. The van der Waals surface area contributed by atoms with Gasteiger partial charge in [-0.15, -0.1) is 0 Å². The summed E-state index contributed by atoms with van der Waals surface area (Å²) in [6.07, 6.45) is 3.37. The zero-order valence-electron chi connectivity index (χ0n) is 5.63. The number of carbonyl (C=O) groups is 1. The van der Waals surface area contributed by atoms with Gasteiger partial charge in [0, 0.05) is 19.2 Å². The summed E-state index contributed by atoms with van der Waals surface area (Å²) >= 11 is 0. The first-order valence-corrected chi connectivity index (χ1v) is 3.37. The van der Waals surface area contributed by atoms with Crippen molar-refractivity contribution in [3.8, 4) is 0 Å². The summed E-state index contributed by atoms with van der Waals surface area (Å²) in [7, 11) is 0. The molecule has 2 nitrogen and oxygen atoms in total. The Kier molecular flexibility index (Phi) is 1.98. The molecule has 0 aliphatic carbocycles. The summed E-state index contributed by atoms with van der Waals surface area (Å²) < 4.78 is 0. The SMILES string of the molecule is CCC(=O)C1C=NCC1. The van der Waals surface area contributed by atoms with E-state index in [-0.39, 0.29) is 5.92 Å². The van der Waals surface area contributed by atoms with Crippen molar-refractivity contribution >= 4 is 12.0 Å². The highest BCUT2D eigenvalue weighted by atomic mass is 16.1. The third-order valence-electron chi connectivity index (χ3n) is 1.62. The van der Waals surface area contributed by atoms with E-state index in [0.29, 0.717) is 12.2 Å². The van der Waals surface area contributed by atoms with Crippen LogP contribution in [0.25, 0.3) is 0 Å². The first kappa shape index (κ1) is 6.46. The molecule has 1 atom stereocenters. The van der Waals surface area contributed by atoms with Crippen molar-refractivity contribution < 1.29 is 4.79 Å². The van der Waals surface area contributed by atoms with Crippen LogP contribution in [0.4, 0.5) is 0 Å². The second-order valence-corrected chi connectivity index (χ2v) is 2.27. The van der Waals surface area contributed by atoms with Crippen LogP contribution in [0.15, 0.2) is 4.99 Å². The molecular weight excluding hydrogens is 114 g/mol. The zero-order valence-corrected chi connectivity index (χ0v) is 5.63. The minimum Gasteiger partial charge on any atom is -0.299 e. The Morgan fingerprint density at radius 1 is 1.89 bits per heavy atom. The third kappa shape index (κ3) is 1.37. The molecule has 50 valence electrons. The predicted molar refractivity (Wildman–Crippen MR) is 36.8 cm³/mol. The van der Waals surface area contributed by atoms with Crippen LogP contribution in [-0.2, 0) is 4.79 Å². The van der Waals surface area contributed by atoms with Crippen LogP contribution in [0.1, 0.15) is 19.8 Å². The van der Waals surface area contributed by atoms with E-state index in [4.69, 9.17) is 0 Å². The number of carbonyl (C=O) groups excluding carboxylic acids is 1. The van der Waals surface area contributed by atoms with E-state index in [1.165, 1.54) is 0 Å². The molecule has 2 heteroatoms. The van der Waals surface area contributed by atoms with E-state index in [1.807, 2.05) is 6.92 Å². The lowest BCUT2D eigenvalue weighted by atomic mass is 10.0. The van der Waals surface area contributed by atoms with Crippen molar-refractivity contribution in [1.29, 1.82) is 0 Å². The molecule has 0 aromatic carbocycles. The van der Waals surface area contributed by atoms with Gasteiger partial charge >= 0.3 is 0 Å². The molecule has 9 heavy (non-hydrogen) atoms. The highest BCUT2D eigenvalue weighted by Crippen LogP contribution is 2.09. The van der Waals surface area contributed by atoms with Crippen molar-refractivity contribution in [1.82, 2.24) is 0 Å². The van der Waals surface area contributed by atoms with Gasteiger partial charge in [-0.05, 0) is 6.42 Å². The van der Waals surface area contributed by atoms with Gasteiger partial charge in [0.1, 0.15) is 5.78 Å². The predicted octanol–water partition coefficient (Wildman–Crippen LogP) is 1.06. The third-order valence-corrected chi connectivity index (χ3v) is 1.62. The van der Waals surface area contributed by atoms with Gasteiger partial charge in [0.05, 0.1) is 5.92 Å². The van der Waals surface area contributed by atoms with Gasteiger partial charge in [-0.1, -0.05) is 6.92 Å². The standard InChI is InChI=1S/C7H11NO/c1-2-7(9)6-3-4-8-5-6/h5-6H,2-4H2,1H3. The summed E-state index contributed by atoms with van der Waals surface area (Å²) in [6.45, 7) is 2.74. The quantitative estimate of drug-likeness (QED) is 0.542. The molecule has 1 rings (SSSR count). The van der Waals surface area contributed by atoms with Gasteiger partial charge in [0.2, 0.25) is 0 Å². The number of aliphatic imine (C=N–C) groups is 1. The monoisotopic (exact) mass is 125 g/mol. The van der Waals surface area contributed by atoms with Crippen LogP contribution in [0.3, 0.4) is 0 Å². The molecule has 0 aromatic rings. The average molecular weight is 125 g/mol. The number of hydrogen-bond donors (Lipinski definition) is 0. The lowest BCUT2D eigenvalue weighted by molar-refractivity contribution is -0.120. The highest BCUT2D eigenvalue weighted by Gasteiger charge is 2.16. The molecule has 0 saturated heterocycles. The Morgan fingerprint density at radius 2 is 2.67 bits per heavy atom. The van der Waals surface area contributed by atoms with E-state index in [0.717, 1.165) is 13.0 Å². The van der Waals surface area contributed by atoms with Gasteiger partial charge in [-0.25, -0.2) is 0 Å². The Labute approximate surface area is 55.0 Å². The van der Waals surface area contributed by atoms with Crippen LogP contribution < -0.4 is 0 Å². The van der Waals surface area contributed by atoms with Crippen LogP contribution in [0.2, 0.25) is 0 Å². The first-order valence-electron chi connectivity index (χ1n) is 3.37. The van der Waals surface area contributed by atoms with Crippen LogP contribution in [0, 0.1) is 5.92 Å². The van der Waals surface area contributed by atoms with Crippen molar-refractivity contribution in [2.24, 2.45) is 10.9 Å². The second kappa shape index (κ2) is 2.76. The van der Waals surface area contributed by atoms with Gasteiger partial charge in [0.25, 0.3) is 0 Å². The number of ketones is 1. The minimum absolute atomic E-state index is 0.148. The average Bonchev–Trinajstić information content (AvgIpc) is 2.37. The zero-order chi connectivity index (χ0) is 6.69. The number of rotatable bonds is 2. The Bertz CT molecular complexity index is 140. The van der Waals surface area contributed by atoms with Crippen LogP contribution >= 0.6 is 0 Å². The van der Waals surface area contributed by atoms with Gasteiger partial charge < -0.3 is 0 Å². The van der Waals surface area contributed by atoms with E-state index >= 15 is 0 Å². The summed E-state index contributed by atoms with van der Waals surface area (Å²) in [5.41, 5.74) is 0. The number of Topliss-reactive ketones (excluding diaryl/α,β-unsaturated/α-hetero) is 1. The molecule has 0 saturated carbocycles. The molecule has 0 bridgehead atoms. The maximum Gasteiger partial charge on any atom is 0.141 e. The lowest BCUT2D eigenvalue weighted by Gasteiger charge is -1.99. The van der Waals surface area contributed by atoms with Gasteiger partial charge in [0.15, 0.2) is 0 Å². The second-order valence-electron chi connectivity index (χ2n) is 2.27. The summed E-state index contributed by atoms with van der Waals surface area (Å²) in [5, 5.41) is 0. The minimum atomic E-state index is 0.148. The maximum atomic E-state index is 10.9. The number of hydrogen-bond acceptors (Lipinski definition) is 2. The van der Waals surface area contributed by atoms with Gasteiger partial charge in [-0.2, -0.15) is 0 Å². The lowest BCUT2D eigenvalue weighted by Crippen LogP contribution is -2.11. The molecule has 0 spiro atoms. The summed E-state index contributed by atoms with van der Waals surface area (Å²) in [6, 6.07) is 0. The van der Waals surface area contributed by atoms with E-state index in [2.05, 4.69) is 4.99 Å².